The van der Waals surface area contributed by atoms with Gasteiger partial charge in [0, 0.05) is 17.8 Å². The summed E-state index contributed by atoms with van der Waals surface area (Å²) in [7, 11) is 1.51. The molecule has 136 valence electrons. The molecule has 0 aliphatic heterocycles. The zero-order valence-corrected chi connectivity index (χ0v) is 15.0. The number of nitrogens with one attached hydrogen (secondary N) is 4. The average molecular weight is 348 g/mol. The number of hydrogen-bond acceptors (Lipinski definition) is 5. The summed E-state index contributed by atoms with van der Waals surface area (Å²) in [6.07, 6.45) is 1.25. The Bertz CT molecular complexity index is 683. The molecule has 0 atom stereocenters. The van der Waals surface area contributed by atoms with Crippen molar-refractivity contribution < 1.29 is 19.1 Å². The summed E-state index contributed by atoms with van der Waals surface area (Å²) in [5, 5.41) is 5.15. The summed E-state index contributed by atoms with van der Waals surface area (Å²) in [4.78, 5) is 35.1. The van der Waals surface area contributed by atoms with Crippen LogP contribution >= 0.6 is 0 Å². The normalized spacial score (nSPS) is 10.9. The first-order chi connectivity index (χ1) is 11.7. The van der Waals surface area contributed by atoms with E-state index in [2.05, 4.69) is 21.5 Å². The number of methoxy groups -OCH3 is 1. The molecule has 0 bridgehead atoms. The largest absolute Gasteiger partial charge is 0.495 e. The van der Waals surface area contributed by atoms with Crippen LogP contribution in [0.25, 0.3) is 0 Å². The Balaban J connectivity index is 2.61. The van der Waals surface area contributed by atoms with Gasteiger partial charge in [-0.05, 0) is 45.4 Å². The van der Waals surface area contributed by atoms with Gasteiger partial charge in [-0.1, -0.05) is 6.07 Å². The number of ether oxygens (including phenoxy) is 1. The number of benzene rings is 1. The molecule has 4 N–H and O–H groups in total. The van der Waals surface area contributed by atoms with Crippen molar-refractivity contribution in [3.8, 4) is 5.75 Å². The van der Waals surface area contributed by atoms with Crippen molar-refractivity contribution in [3.63, 3.8) is 0 Å². The number of hydrogen-bond donors (Lipinski definition) is 4. The Morgan fingerprint density at radius 3 is 2.40 bits per heavy atom. The van der Waals surface area contributed by atoms with Crippen LogP contribution in [0.5, 0.6) is 5.75 Å². The Labute approximate surface area is 147 Å². The quantitative estimate of drug-likeness (QED) is 0.348. The molecular weight excluding hydrogens is 324 g/mol. The van der Waals surface area contributed by atoms with Gasteiger partial charge < -0.3 is 20.8 Å². The van der Waals surface area contributed by atoms with E-state index in [0.717, 1.165) is 5.56 Å². The Hall–Kier alpha value is -3.03. The number of rotatable bonds is 6. The third kappa shape index (κ3) is 6.94. The molecule has 3 amide bonds. The summed E-state index contributed by atoms with van der Waals surface area (Å²) in [6, 6.07) is 5.26. The van der Waals surface area contributed by atoms with E-state index in [9.17, 15) is 14.4 Å². The molecule has 8 heteroatoms. The van der Waals surface area contributed by atoms with Crippen LogP contribution < -0.4 is 26.2 Å². The molecule has 1 aromatic rings. The summed E-state index contributed by atoms with van der Waals surface area (Å²) in [6.45, 7) is 6.96. The fourth-order valence-corrected chi connectivity index (χ4v) is 1.86. The SMILES string of the molecule is COc1ccc(C)cc1NC(=O)C=C(C)NNC(=O)C(=O)NC(C)C. The molecule has 0 fully saturated rings. The fourth-order valence-electron chi connectivity index (χ4n) is 1.86. The third-order valence-corrected chi connectivity index (χ3v) is 2.96. The number of amides is 3. The van der Waals surface area contributed by atoms with Gasteiger partial charge >= 0.3 is 11.8 Å². The van der Waals surface area contributed by atoms with Crippen molar-refractivity contribution in [3.05, 3.63) is 35.5 Å². The summed E-state index contributed by atoms with van der Waals surface area (Å²) in [5.41, 5.74) is 6.58. The predicted octanol–water partition coefficient (Wildman–Crippen LogP) is 0.991. The van der Waals surface area contributed by atoms with Gasteiger partial charge in [-0.15, -0.1) is 0 Å². The van der Waals surface area contributed by atoms with Crippen LogP contribution in [0, 0.1) is 6.92 Å². The molecule has 0 saturated carbocycles. The highest BCUT2D eigenvalue weighted by molar-refractivity contribution is 6.35. The summed E-state index contributed by atoms with van der Waals surface area (Å²) in [5.74, 6) is -1.47. The standard InChI is InChI=1S/C17H24N4O4/c1-10(2)18-16(23)17(24)21-20-12(4)9-15(22)19-13-8-11(3)6-7-14(13)25-5/h6-10,20H,1-5H3,(H,18,23)(H,19,22)(H,21,24). The number of carbonyl (C=O) groups excluding carboxylic acids is 3. The Morgan fingerprint density at radius 2 is 1.80 bits per heavy atom. The first-order valence-electron chi connectivity index (χ1n) is 7.73. The molecule has 0 saturated heterocycles. The van der Waals surface area contributed by atoms with Gasteiger partial charge in [0.2, 0.25) is 5.91 Å². The van der Waals surface area contributed by atoms with Gasteiger partial charge in [0.05, 0.1) is 12.8 Å². The molecule has 0 aliphatic carbocycles. The lowest BCUT2D eigenvalue weighted by Gasteiger charge is -2.12. The lowest BCUT2D eigenvalue weighted by atomic mass is 10.2. The molecule has 0 aliphatic rings. The van der Waals surface area contributed by atoms with Crippen molar-refractivity contribution in [1.82, 2.24) is 16.2 Å². The van der Waals surface area contributed by atoms with Crippen molar-refractivity contribution in [2.45, 2.75) is 33.7 Å². The predicted molar refractivity (Wildman–Crippen MR) is 94.7 cm³/mol. The topological polar surface area (TPSA) is 109 Å². The van der Waals surface area contributed by atoms with E-state index in [4.69, 9.17) is 4.74 Å². The number of aryl methyl sites for hydroxylation is 1. The molecule has 8 nitrogen and oxygen atoms in total. The van der Waals surface area contributed by atoms with Gasteiger partial charge in [-0.3, -0.25) is 19.8 Å². The zero-order valence-electron chi connectivity index (χ0n) is 15.0. The highest BCUT2D eigenvalue weighted by Crippen LogP contribution is 2.25. The molecule has 0 radical (unpaired) electrons. The zero-order chi connectivity index (χ0) is 19.0. The number of anilines is 1. The monoisotopic (exact) mass is 348 g/mol. The maximum Gasteiger partial charge on any atom is 0.327 e. The second kappa shape index (κ2) is 9.31. The second-order valence-corrected chi connectivity index (χ2v) is 5.73. The maximum absolute atomic E-state index is 12.1. The van der Waals surface area contributed by atoms with E-state index in [1.807, 2.05) is 13.0 Å². The van der Waals surface area contributed by atoms with Gasteiger partial charge in [0.1, 0.15) is 5.75 Å². The van der Waals surface area contributed by atoms with Gasteiger partial charge in [-0.2, -0.15) is 0 Å². The second-order valence-electron chi connectivity index (χ2n) is 5.73. The minimum atomic E-state index is -0.845. The van der Waals surface area contributed by atoms with Crippen molar-refractivity contribution in [2.24, 2.45) is 0 Å². The molecule has 25 heavy (non-hydrogen) atoms. The number of carbonyl (C=O) groups is 3. The Morgan fingerprint density at radius 1 is 1.12 bits per heavy atom. The van der Waals surface area contributed by atoms with Crippen molar-refractivity contribution in [1.29, 1.82) is 0 Å². The van der Waals surface area contributed by atoms with E-state index in [1.54, 1.807) is 32.9 Å². The van der Waals surface area contributed by atoms with E-state index >= 15 is 0 Å². The first kappa shape index (κ1) is 20.0. The van der Waals surface area contributed by atoms with E-state index in [-0.39, 0.29) is 6.04 Å². The van der Waals surface area contributed by atoms with Crippen LogP contribution in [-0.2, 0) is 14.4 Å². The fraction of sp³-hybridized carbons (Fsp3) is 0.353. The first-order valence-corrected chi connectivity index (χ1v) is 7.73. The maximum atomic E-state index is 12.1. The van der Waals surface area contributed by atoms with Crippen LogP contribution in [0.4, 0.5) is 5.69 Å². The molecule has 1 rings (SSSR count). The molecule has 0 aromatic heterocycles. The highest BCUT2D eigenvalue weighted by atomic mass is 16.5. The molecular formula is C17H24N4O4. The molecule has 0 spiro atoms. The summed E-state index contributed by atoms with van der Waals surface area (Å²) >= 11 is 0. The highest BCUT2D eigenvalue weighted by Gasteiger charge is 2.13. The number of hydrazine groups is 1. The third-order valence-electron chi connectivity index (χ3n) is 2.96. The van der Waals surface area contributed by atoms with Crippen LogP contribution in [0.1, 0.15) is 26.3 Å². The van der Waals surface area contributed by atoms with E-state index in [0.29, 0.717) is 17.1 Å². The summed E-state index contributed by atoms with van der Waals surface area (Å²) < 4.78 is 5.19. The van der Waals surface area contributed by atoms with Crippen molar-refractivity contribution in [2.75, 3.05) is 12.4 Å². The number of allylic oxidation sites excluding steroid dienone is 1. The van der Waals surface area contributed by atoms with Gasteiger partial charge in [0.15, 0.2) is 0 Å². The lowest BCUT2D eigenvalue weighted by Crippen LogP contribution is -2.47. The molecule has 0 unspecified atom stereocenters. The average Bonchev–Trinajstić information content (AvgIpc) is 2.52. The smallest absolute Gasteiger partial charge is 0.327 e. The van der Waals surface area contributed by atoms with Crippen LogP contribution in [0.3, 0.4) is 0 Å². The van der Waals surface area contributed by atoms with Gasteiger partial charge in [-0.25, -0.2) is 0 Å². The van der Waals surface area contributed by atoms with Crippen molar-refractivity contribution >= 4 is 23.4 Å². The van der Waals surface area contributed by atoms with E-state index in [1.165, 1.54) is 13.2 Å². The molecule has 0 heterocycles. The molecule has 1 aromatic carbocycles. The van der Waals surface area contributed by atoms with Gasteiger partial charge in [0.25, 0.3) is 0 Å². The van der Waals surface area contributed by atoms with Crippen LogP contribution in [-0.4, -0.2) is 30.9 Å². The Kier molecular flexibility index (Phi) is 7.45. The minimum Gasteiger partial charge on any atom is -0.495 e. The van der Waals surface area contributed by atoms with E-state index < -0.39 is 17.7 Å². The van der Waals surface area contributed by atoms with Crippen LogP contribution in [0.15, 0.2) is 30.0 Å². The minimum absolute atomic E-state index is 0.148. The lowest BCUT2D eigenvalue weighted by molar-refractivity contribution is -0.140. The van der Waals surface area contributed by atoms with Crippen LogP contribution in [0.2, 0.25) is 0 Å².